The predicted octanol–water partition coefficient (Wildman–Crippen LogP) is 2.63. The molecular weight excluding hydrogens is 326 g/mol. The maximum absolute atomic E-state index is 4.55. The molecule has 0 bridgehead atoms. The Balaban J connectivity index is 1.46. The van der Waals surface area contributed by atoms with Gasteiger partial charge in [-0.05, 0) is 38.8 Å². The molecule has 26 heavy (non-hydrogen) atoms. The molecule has 0 spiro atoms. The van der Waals surface area contributed by atoms with Crippen molar-refractivity contribution in [2.75, 3.05) is 18.0 Å². The second kappa shape index (κ2) is 7.27. The fraction of sp³-hybridized carbons (Fsp3) is 0.474. The first-order valence-corrected chi connectivity index (χ1v) is 9.30. The van der Waals surface area contributed by atoms with Crippen molar-refractivity contribution < 1.29 is 0 Å². The van der Waals surface area contributed by atoms with E-state index in [1.54, 1.807) is 6.20 Å². The number of pyridine rings is 1. The maximum atomic E-state index is 4.55. The van der Waals surface area contributed by atoms with Crippen molar-refractivity contribution in [3.05, 3.63) is 54.4 Å². The Kier molecular flexibility index (Phi) is 4.69. The Morgan fingerprint density at radius 2 is 2.00 bits per heavy atom. The van der Waals surface area contributed by atoms with E-state index in [0.29, 0.717) is 5.92 Å². The Labute approximate surface area is 153 Å². The molecule has 0 atom stereocenters. The number of aryl methyl sites for hydroxylation is 1. The van der Waals surface area contributed by atoms with Gasteiger partial charge in [-0.15, -0.1) is 10.2 Å². The van der Waals surface area contributed by atoms with Gasteiger partial charge in [0.15, 0.2) is 5.82 Å². The number of anilines is 1. The van der Waals surface area contributed by atoms with Crippen molar-refractivity contribution in [2.45, 2.75) is 45.7 Å². The Bertz CT molecular complexity index is 845. The molecule has 1 fully saturated rings. The maximum Gasteiger partial charge on any atom is 0.153 e. The molecule has 0 radical (unpaired) electrons. The summed E-state index contributed by atoms with van der Waals surface area (Å²) in [6, 6.07) is 4.27. The molecule has 0 aliphatic carbocycles. The van der Waals surface area contributed by atoms with Crippen molar-refractivity contribution in [2.24, 2.45) is 0 Å². The molecule has 1 saturated heterocycles. The minimum absolute atomic E-state index is 0.471. The van der Waals surface area contributed by atoms with Gasteiger partial charge in [-0.25, -0.2) is 4.98 Å². The van der Waals surface area contributed by atoms with E-state index in [-0.39, 0.29) is 0 Å². The van der Waals surface area contributed by atoms with Crippen LogP contribution in [-0.4, -0.2) is 42.4 Å². The van der Waals surface area contributed by atoms with E-state index in [1.807, 2.05) is 30.2 Å². The van der Waals surface area contributed by atoms with E-state index in [1.165, 1.54) is 5.69 Å². The number of imidazole rings is 1. The van der Waals surface area contributed by atoms with Crippen molar-refractivity contribution in [1.82, 2.24) is 29.3 Å². The summed E-state index contributed by atoms with van der Waals surface area (Å²) >= 11 is 0. The minimum Gasteiger partial charge on any atom is -0.371 e. The first-order valence-electron chi connectivity index (χ1n) is 9.30. The van der Waals surface area contributed by atoms with Crippen LogP contribution in [0, 0.1) is 6.92 Å². The van der Waals surface area contributed by atoms with Gasteiger partial charge in [0.25, 0.3) is 0 Å². The average Bonchev–Trinajstić information content (AvgIpc) is 3.32. The van der Waals surface area contributed by atoms with Gasteiger partial charge in [-0.1, -0.05) is 0 Å². The lowest BCUT2D eigenvalue weighted by atomic mass is 9.95. The first-order chi connectivity index (χ1) is 12.7. The number of aromatic nitrogens is 6. The molecule has 7 heteroatoms. The van der Waals surface area contributed by atoms with Crippen LogP contribution in [-0.2, 0) is 13.1 Å². The number of rotatable bonds is 5. The average molecular weight is 351 g/mol. The zero-order valence-corrected chi connectivity index (χ0v) is 15.4. The van der Waals surface area contributed by atoms with Gasteiger partial charge in [0.1, 0.15) is 5.82 Å². The van der Waals surface area contributed by atoms with E-state index in [0.717, 1.165) is 56.4 Å². The lowest BCUT2D eigenvalue weighted by molar-refractivity contribution is 0.464. The fourth-order valence-corrected chi connectivity index (χ4v) is 3.78. The van der Waals surface area contributed by atoms with Crippen LogP contribution in [0.3, 0.4) is 0 Å². The summed E-state index contributed by atoms with van der Waals surface area (Å²) < 4.78 is 4.31. The van der Waals surface area contributed by atoms with Crippen LogP contribution in [0.4, 0.5) is 5.69 Å². The van der Waals surface area contributed by atoms with Crippen molar-refractivity contribution >= 4 is 5.69 Å². The van der Waals surface area contributed by atoms with Gasteiger partial charge in [-0.2, -0.15) is 0 Å². The van der Waals surface area contributed by atoms with Crippen LogP contribution < -0.4 is 4.90 Å². The van der Waals surface area contributed by atoms with Gasteiger partial charge in [0.05, 0.1) is 12.9 Å². The SMILES string of the molecule is CCn1c(Cn2ccnc2)nnc1C1CCN(c2ccnc(C)c2)CC1. The number of nitrogens with zero attached hydrogens (tertiary/aromatic N) is 7. The molecule has 3 aromatic rings. The predicted molar refractivity (Wildman–Crippen MR) is 100 cm³/mol. The first kappa shape index (κ1) is 16.8. The van der Waals surface area contributed by atoms with Crippen LogP contribution in [0.15, 0.2) is 37.1 Å². The van der Waals surface area contributed by atoms with Crippen molar-refractivity contribution in [3.63, 3.8) is 0 Å². The molecule has 0 aromatic carbocycles. The third kappa shape index (κ3) is 3.34. The summed E-state index contributed by atoms with van der Waals surface area (Å²) in [4.78, 5) is 10.9. The molecule has 0 N–H and O–H groups in total. The van der Waals surface area contributed by atoms with Gasteiger partial charge >= 0.3 is 0 Å². The molecular formula is C19H25N7. The highest BCUT2D eigenvalue weighted by Crippen LogP contribution is 2.30. The normalized spacial score (nSPS) is 15.5. The zero-order valence-electron chi connectivity index (χ0n) is 15.4. The third-order valence-corrected chi connectivity index (χ3v) is 5.16. The molecule has 4 heterocycles. The van der Waals surface area contributed by atoms with Crippen LogP contribution in [0.25, 0.3) is 0 Å². The summed E-state index contributed by atoms with van der Waals surface area (Å²) in [6.45, 7) is 7.91. The number of hydrogen-bond acceptors (Lipinski definition) is 5. The largest absolute Gasteiger partial charge is 0.371 e. The quantitative estimate of drug-likeness (QED) is 0.707. The minimum atomic E-state index is 0.471. The third-order valence-electron chi connectivity index (χ3n) is 5.16. The lowest BCUT2D eigenvalue weighted by Crippen LogP contribution is -2.33. The summed E-state index contributed by atoms with van der Waals surface area (Å²) in [7, 11) is 0. The molecule has 136 valence electrons. The second-order valence-electron chi connectivity index (χ2n) is 6.87. The highest BCUT2D eigenvalue weighted by molar-refractivity contribution is 5.46. The van der Waals surface area contributed by atoms with Crippen LogP contribution in [0.2, 0.25) is 0 Å². The van der Waals surface area contributed by atoms with Gasteiger partial charge in [-0.3, -0.25) is 4.98 Å². The second-order valence-corrected chi connectivity index (χ2v) is 6.87. The van der Waals surface area contributed by atoms with Gasteiger partial charge in [0, 0.05) is 55.5 Å². The Morgan fingerprint density at radius 3 is 2.69 bits per heavy atom. The summed E-state index contributed by atoms with van der Waals surface area (Å²) in [5, 5.41) is 9.02. The zero-order chi connectivity index (χ0) is 17.9. The topological polar surface area (TPSA) is 64.7 Å². The lowest BCUT2D eigenvalue weighted by Gasteiger charge is -2.33. The molecule has 3 aromatic heterocycles. The molecule has 0 unspecified atom stereocenters. The van der Waals surface area contributed by atoms with Crippen LogP contribution in [0.1, 0.15) is 43.0 Å². The molecule has 1 aliphatic heterocycles. The van der Waals surface area contributed by atoms with Crippen LogP contribution in [0.5, 0.6) is 0 Å². The van der Waals surface area contributed by atoms with Crippen molar-refractivity contribution in [3.8, 4) is 0 Å². The highest BCUT2D eigenvalue weighted by atomic mass is 15.3. The monoisotopic (exact) mass is 351 g/mol. The van der Waals surface area contributed by atoms with E-state index in [2.05, 4.69) is 48.7 Å². The van der Waals surface area contributed by atoms with E-state index < -0.39 is 0 Å². The standard InChI is InChI=1S/C19H25N7/c1-3-26-18(13-24-11-8-20-14-24)22-23-19(26)16-5-9-25(10-6-16)17-4-7-21-15(2)12-17/h4,7-8,11-12,14,16H,3,5-6,9-10,13H2,1-2H3. The van der Waals surface area contributed by atoms with Gasteiger partial charge < -0.3 is 14.0 Å². The molecule has 0 saturated carbocycles. The van der Waals surface area contributed by atoms with E-state index in [4.69, 9.17) is 0 Å². The summed E-state index contributed by atoms with van der Waals surface area (Å²) in [6.07, 6.45) is 9.68. The van der Waals surface area contributed by atoms with Crippen molar-refractivity contribution in [1.29, 1.82) is 0 Å². The van der Waals surface area contributed by atoms with Crippen LogP contribution >= 0.6 is 0 Å². The summed E-state index contributed by atoms with van der Waals surface area (Å²) in [5.74, 6) is 2.61. The molecule has 7 nitrogen and oxygen atoms in total. The number of piperidine rings is 1. The highest BCUT2D eigenvalue weighted by Gasteiger charge is 2.26. The Morgan fingerprint density at radius 1 is 1.15 bits per heavy atom. The van der Waals surface area contributed by atoms with E-state index >= 15 is 0 Å². The Hall–Kier alpha value is -2.70. The molecule has 1 aliphatic rings. The van der Waals surface area contributed by atoms with Gasteiger partial charge in [0.2, 0.25) is 0 Å². The fourth-order valence-electron chi connectivity index (χ4n) is 3.78. The summed E-state index contributed by atoms with van der Waals surface area (Å²) in [5.41, 5.74) is 2.34. The molecule has 4 rings (SSSR count). The molecule has 0 amide bonds. The smallest absolute Gasteiger partial charge is 0.153 e. The van der Waals surface area contributed by atoms with E-state index in [9.17, 15) is 0 Å². The number of hydrogen-bond donors (Lipinski definition) is 0.